The maximum atomic E-state index is 10.6. The van der Waals surface area contributed by atoms with Crippen molar-refractivity contribution in [2.45, 2.75) is 19.9 Å². The smallest absolute Gasteiger partial charge is 0.322 e. The van der Waals surface area contributed by atoms with Crippen LogP contribution in [0.4, 0.5) is 0 Å². The van der Waals surface area contributed by atoms with Gasteiger partial charge >= 0.3 is 5.97 Å². The predicted molar refractivity (Wildman–Crippen MR) is 34.8 cm³/mol. The molecule has 0 radical (unpaired) electrons. The van der Waals surface area contributed by atoms with Crippen LogP contribution >= 0.6 is 0 Å². The molecule has 0 aliphatic rings. The summed E-state index contributed by atoms with van der Waals surface area (Å²) < 4.78 is 4.41. The van der Waals surface area contributed by atoms with Gasteiger partial charge < -0.3 is 22.9 Å². The standard InChI is InChI=1S/C6H13NO2.ClH/c1-4(2)5(7)6(8)9-3;/h4-5H,7H2,1-3H3;1H/p-1. The Kier molecular flexibility index (Phi) is 6.82. The fraction of sp³-hybridized carbons (Fsp3) is 0.833. The van der Waals surface area contributed by atoms with E-state index in [4.69, 9.17) is 5.73 Å². The molecule has 3 nitrogen and oxygen atoms in total. The van der Waals surface area contributed by atoms with Gasteiger partial charge in [-0.3, -0.25) is 4.79 Å². The van der Waals surface area contributed by atoms with E-state index in [2.05, 4.69) is 4.74 Å². The summed E-state index contributed by atoms with van der Waals surface area (Å²) in [5.41, 5.74) is 5.40. The zero-order chi connectivity index (χ0) is 7.44. The normalized spacial score (nSPS) is 12.1. The van der Waals surface area contributed by atoms with Gasteiger partial charge in [0.15, 0.2) is 0 Å². The number of hydrogen-bond donors (Lipinski definition) is 1. The van der Waals surface area contributed by atoms with Crippen LogP contribution < -0.4 is 18.1 Å². The largest absolute Gasteiger partial charge is 1.00 e. The van der Waals surface area contributed by atoms with E-state index >= 15 is 0 Å². The Morgan fingerprint density at radius 2 is 1.90 bits per heavy atom. The Labute approximate surface area is 67.3 Å². The van der Waals surface area contributed by atoms with Gasteiger partial charge in [0.05, 0.1) is 7.11 Å². The molecule has 0 bridgehead atoms. The molecule has 0 aromatic carbocycles. The van der Waals surface area contributed by atoms with Gasteiger partial charge in [0.2, 0.25) is 0 Å². The van der Waals surface area contributed by atoms with E-state index in [9.17, 15) is 4.79 Å². The van der Waals surface area contributed by atoms with Crippen molar-refractivity contribution in [3.8, 4) is 0 Å². The van der Waals surface area contributed by atoms with Crippen molar-refractivity contribution in [3.05, 3.63) is 0 Å². The lowest BCUT2D eigenvalue weighted by molar-refractivity contribution is -0.143. The van der Waals surface area contributed by atoms with Crippen molar-refractivity contribution in [3.63, 3.8) is 0 Å². The summed E-state index contributed by atoms with van der Waals surface area (Å²) in [5.74, 6) is -0.192. The highest BCUT2D eigenvalue weighted by atomic mass is 35.5. The summed E-state index contributed by atoms with van der Waals surface area (Å²) in [4.78, 5) is 10.6. The van der Waals surface area contributed by atoms with Gasteiger partial charge in [-0.15, -0.1) is 0 Å². The first-order valence-electron chi connectivity index (χ1n) is 2.93. The first kappa shape index (κ1) is 12.4. The molecule has 0 aliphatic heterocycles. The van der Waals surface area contributed by atoms with E-state index in [1.807, 2.05) is 13.8 Å². The maximum Gasteiger partial charge on any atom is 0.322 e. The van der Waals surface area contributed by atoms with E-state index in [0.29, 0.717) is 0 Å². The van der Waals surface area contributed by atoms with Crippen molar-refractivity contribution in [2.75, 3.05) is 7.11 Å². The Hall–Kier alpha value is -0.280. The van der Waals surface area contributed by atoms with Crippen molar-refractivity contribution >= 4 is 5.97 Å². The molecule has 0 aromatic heterocycles. The van der Waals surface area contributed by atoms with Gasteiger partial charge in [0.1, 0.15) is 6.04 Å². The highest BCUT2D eigenvalue weighted by molar-refractivity contribution is 5.75. The number of hydrogen-bond acceptors (Lipinski definition) is 3. The van der Waals surface area contributed by atoms with Gasteiger partial charge in [-0.1, -0.05) is 13.8 Å². The van der Waals surface area contributed by atoms with Crippen LogP contribution in [0.15, 0.2) is 0 Å². The molecular formula is C6H13ClNO2-. The first-order chi connectivity index (χ1) is 4.09. The lowest BCUT2D eigenvalue weighted by atomic mass is 10.1. The summed E-state index contributed by atoms with van der Waals surface area (Å²) in [6.45, 7) is 3.75. The van der Waals surface area contributed by atoms with Crippen LogP contribution in [0.25, 0.3) is 0 Å². The minimum absolute atomic E-state index is 0. The minimum atomic E-state index is -0.477. The predicted octanol–water partition coefficient (Wildman–Crippen LogP) is -2.85. The van der Waals surface area contributed by atoms with Gasteiger partial charge in [0, 0.05) is 0 Å². The third-order valence-corrected chi connectivity index (χ3v) is 1.19. The zero-order valence-corrected chi connectivity index (χ0v) is 7.18. The van der Waals surface area contributed by atoms with E-state index in [1.54, 1.807) is 0 Å². The van der Waals surface area contributed by atoms with Crippen molar-refractivity contribution in [2.24, 2.45) is 11.7 Å². The summed E-state index contributed by atoms with van der Waals surface area (Å²) in [5, 5.41) is 0. The second-order valence-corrected chi connectivity index (χ2v) is 2.29. The Morgan fingerprint density at radius 3 is 2.00 bits per heavy atom. The summed E-state index contributed by atoms with van der Waals surface area (Å²) in [6, 6.07) is -0.477. The lowest BCUT2D eigenvalue weighted by Crippen LogP contribution is -3.00. The van der Waals surface area contributed by atoms with Crippen molar-refractivity contribution in [1.82, 2.24) is 0 Å². The average molecular weight is 167 g/mol. The molecule has 4 heteroatoms. The molecule has 0 spiro atoms. The summed E-state index contributed by atoms with van der Waals surface area (Å²) in [6.07, 6.45) is 0. The van der Waals surface area contributed by atoms with Crippen molar-refractivity contribution < 1.29 is 21.9 Å². The highest BCUT2D eigenvalue weighted by Crippen LogP contribution is 1.98. The molecule has 1 atom stereocenters. The number of halogens is 1. The molecule has 0 saturated heterocycles. The van der Waals surface area contributed by atoms with E-state index in [0.717, 1.165) is 0 Å². The Morgan fingerprint density at radius 1 is 1.50 bits per heavy atom. The molecule has 0 saturated carbocycles. The highest BCUT2D eigenvalue weighted by Gasteiger charge is 2.16. The SMILES string of the molecule is COC(=O)C(N)C(C)C.[Cl-]. The summed E-state index contributed by atoms with van der Waals surface area (Å²) in [7, 11) is 1.34. The number of methoxy groups -OCH3 is 1. The molecule has 2 N–H and O–H groups in total. The number of carbonyl (C=O) groups is 1. The van der Waals surface area contributed by atoms with Crippen LogP contribution in [0.1, 0.15) is 13.8 Å². The molecule has 0 amide bonds. The quantitative estimate of drug-likeness (QED) is 0.450. The minimum Gasteiger partial charge on any atom is -1.00 e. The summed E-state index contributed by atoms with van der Waals surface area (Å²) >= 11 is 0. The third kappa shape index (κ3) is 3.69. The Bertz CT molecular complexity index is 106. The zero-order valence-electron chi connectivity index (χ0n) is 6.43. The van der Waals surface area contributed by atoms with Crippen molar-refractivity contribution in [1.29, 1.82) is 0 Å². The Balaban J connectivity index is 0. The van der Waals surface area contributed by atoms with E-state index < -0.39 is 6.04 Å². The van der Waals surface area contributed by atoms with E-state index in [-0.39, 0.29) is 24.3 Å². The molecule has 0 heterocycles. The number of nitrogens with two attached hydrogens (primary N) is 1. The average Bonchev–Trinajstić information content (AvgIpc) is 1.84. The number of rotatable bonds is 2. The lowest BCUT2D eigenvalue weighted by Gasteiger charge is -2.11. The topological polar surface area (TPSA) is 52.3 Å². The van der Waals surface area contributed by atoms with Crippen LogP contribution in [0.2, 0.25) is 0 Å². The fourth-order valence-corrected chi connectivity index (χ4v) is 0.408. The van der Waals surface area contributed by atoms with Gasteiger partial charge in [-0.05, 0) is 5.92 Å². The van der Waals surface area contributed by atoms with Crippen LogP contribution in [-0.4, -0.2) is 19.1 Å². The van der Waals surface area contributed by atoms with Crippen LogP contribution in [0.3, 0.4) is 0 Å². The van der Waals surface area contributed by atoms with Crippen LogP contribution in [0, 0.1) is 5.92 Å². The number of esters is 1. The second-order valence-electron chi connectivity index (χ2n) is 2.29. The monoisotopic (exact) mass is 166 g/mol. The van der Waals surface area contributed by atoms with Gasteiger partial charge in [0.25, 0.3) is 0 Å². The van der Waals surface area contributed by atoms with E-state index in [1.165, 1.54) is 7.11 Å². The molecule has 1 unspecified atom stereocenters. The second kappa shape index (κ2) is 5.50. The first-order valence-corrected chi connectivity index (χ1v) is 2.93. The fourth-order valence-electron chi connectivity index (χ4n) is 0.408. The molecule has 62 valence electrons. The van der Waals surface area contributed by atoms with Crippen LogP contribution in [0.5, 0.6) is 0 Å². The molecular weight excluding hydrogens is 154 g/mol. The molecule has 0 aromatic rings. The molecule has 10 heavy (non-hydrogen) atoms. The molecule has 0 aliphatic carbocycles. The maximum absolute atomic E-state index is 10.6. The number of ether oxygens (including phenoxy) is 1. The van der Waals surface area contributed by atoms with Gasteiger partial charge in [-0.25, -0.2) is 0 Å². The molecule has 0 fully saturated rings. The number of carbonyl (C=O) groups excluding carboxylic acids is 1. The molecule has 0 rings (SSSR count). The van der Waals surface area contributed by atoms with Crippen LogP contribution in [-0.2, 0) is 9.53 Å². The third-order valence-electron chi connectivity index (χ3n) is 1.19. The van der Waals surface area contributed by atoms with Gasteiger partial charge in [-0.2, -0.15) is 0 Å².